The van der Waals surface area contributed by atoms with Crippen molar-refractivity contribution in [2.45, 2.75) is 26.4 Å². The minimum atomic E-state index is -0.162. The van der Waals surface area contributed by atoms with Crippen LogP contribution in [0.1, 0.15) is 29.8 Å². The number of aromatic nitrogens is 4. The van der Waals surface area contributed by atoms with Gasteiger partial charge in [-0.15, -0.1) is 0 Å². The van der Waals surface area contributed by atoms with E-state index in [-0.39, 0.29) is 11.9 Å². The van der Waals surface area contributed by atoms with Crippen LogP contribution in [0.4, 0.5) is 0 Å². The molecule has 0 bridgehead atoms. The number of carbonyl (C=O) groups is 1. The van der Waals surface area contributed by atoms with Gasteiger partial charge < -0.3 is 0 Å². The number of pyridine rings is 2. The highest BCUT2D eigenvalue weighted by atomic mass is 16.2. The van der Waals surface area contributed by atoms with Crippen molar-refractivity contribution in [2.75, 3.05) is 0 Å². The molecule has 6 heteroatoms. The molecular weight excluding hydrogens is 350 g/mol. The molecule has 1 aromatic carbocycles. The van der Waals surface area contributed by atoms with Crippen LogP contribution in [-0.4, -0.2) is 31.3 Å². The molecule has 0 spiro atoms. The Kier molecular flexibility index (Phi) is 4.85. The Morgan fingerprint density at radius 3 is 2.64 bits per heavy atom. The van der Waals surface area contributed by atoms with Crippen molar-refractivity contribution < 1.29 is 4.79 Å². The highest BCUT2D eigenvalue weighted by molar-refractivity contribution is 5.98. The molecule has 0 saturated heterocycles. The van der Waals surface area contributed by atoms with Gasteiger partial charge in [0, 0.05) is 23.8 Å². The summed E-state index contributed by atoms with van der Waals surface area (Å²) < 4.78 is 3.39. The van der Waals surface area contributed by atoms with Gasteiger partial charge in [-0.2, -0.15) is 5.10 Å². The summed E-state index contributed by atoms with van der Waals surface area (Å²) in [7, 11) is 0. The minimum Gasteiger partial charge on any atom is -0.268 e. The number of fused-ring (bicyclic) bond motifs is 1. The highest BCUT2D eigenvalue weighted by Crippen LogP contribution is 2.15. The van der Waals surface area contributed by atoms with E-state index in [0.717, 1.165) is 16.6 Å². The summed E-state index contributed by atoms with van der Waals surface area (Å²) in [6.45, 7) is 4.60. The fourth-order valence-electron chi connectivity index (χ4n) is 3.08. The summed E-state index contributed by atoms with van der Waals surface area (Å²) in [6, 6.07) is 17.6. The molecule has 0 unspecified atom stereocenters. The Bertz CT molecular complexity index is 1190. The molecule has 0 aliphatic heterocycles. The van der Waals surface area contributed by atoms with Crippen LogP contribution in [-0.2, 0) is 6.54 Å². The quantitative estimate of drug-likeness (QED) is 0.553. The van der Waals surface area contributed by atoms with Crippen molar-refractivity contribution >= 4 is 16.9 Å². The summed E-state index contributed by atoms with van der Waals surface area (Å²) in [6.07, 6.45) is 5.08. The Hall–Kier alpha value is -3.54. The lowest BCUT2D eigenvalue weighted by atomic mass is 10.2. The first-order valence-electron chi connectivity index (χ1n) is 9.23. The fraction of sp³-hybridized carbons (Fsp3) is 0.182. The summed E-state index contributed by atoms with van der Waals surface area (Å²) in [5.41, 5.74) is 3.03. The third-order valence-corrected chi connectivity index (χ3v) is 4.35. The van der Waals surface area contributed by atoms with Crippen LogP contribution < -0.4 is 5.49 Å². The SMILES string of the molecule is CC(C)N=c1ccccn1C(=O)c1cnc2c(cnn2Cc2ccccc2)c1. The van der Waals surface area contributed by atoms with E-state index in [9.17, 15) is 4.79 Å². The number of hydrogen-bond acceptors (Lipinski definition) is 4. The number of carbonyl (C=O) groups excluding carboxylic acids is 1. The summed E-state index contributed by atoms with van der Waals surface area (Å²) in [5.74, 6) is -0.162. The molecule has 3 aromatic heterocycles. The lowest BCUT2D eigenvalue weighted by Crippen LogP contribution is -2.28. The molecule has 140 valence electrons. The zero-order chi connectivity index (χ0) is 19.5. The smallest absolute Gasteiger partial charge is 0.265 e. The van der Waals surface area contributed by atoms with Gasteiger partial charge in [0.2, 0.25) is 0 Å². The Balaban J connectivity index is 1.69. The molecule has 0 N–H and O–H groups in total. The number of rotatable bonds is 4. The molecule has 0 fully saturated rings. The zero-order valence-corrected chi connectivity index (χ0v) is 15.9. The van der Waals surface area contributed by atoms with Gasteiger partial charge in [-0.25, -0.2) is 9.67 Å². The summed E-state index contributed by atoms with van der Waals surface area (Å²) in [4.78, 5) is 22.1. The van der Waals surface area contributed by atoms with Crippen LogP contribution in [0, 0.1) is 0 Å². The van der Waals surface area contributed by atoms with Gasteiger partial charge in [0.25, 0.3) is 5.91 Å². The van der Waals surface area contributed by atoms with Crippen molar-refractivity contribution in [1.29, 1.82) is 0 Å². The second-order valence-electron chi connectivity index (χ2n) is 6.88. The third-order valence-electron chi connectivity index (χ3n) is 4.35. The first-order valence-corrected chi connectivity index (χ1v) is 9.23. The van der Waals surface area contributed by atoms with Crippen LogP contribution in [0.5, 0.6) is 0 Å². The molecule has 4 rings (SSSR count). The van der Waals surface area contributed by atoms with Crippen LogP contribution >= 0.6 is 0 Å². The van der Waals surface area contributed by atoms with Crippen LogP contribution in [0.3, 0.4) is 0 Å². The standard InChI is InChI=1S/C22H21N5O/c1-16(2)25-20-10-6-7-11-26(20)22(28)19-12-18-14-24-27(21(18)23-13-19)15-17-8-4-3-5-9-17/h3-14,16H,15H2,1-2H3. The molecule has 28 heavy (non-hydrogen) atoms. The normalized spacial score (nSPS) is 12.0. The molecule has 0 aliphatic carbocycles. The first kappa shape index (κ1) is 17.9. The van der Waals surface area contributed by atoms with Gasteiger partial charge >= 0.3 is 0 Å². The maximum Gasteiger partial charge on any atom is 0.265 e. The number of benzene rings is 1. The summed E-state index contributed by atoms with van der Waals surface area (Å²) >= 11 is 0. The molecular formula is C22H21N5O. The van der Waals surface area contributed by atoms with Gasteiger partial charge in [0.05, 0.1) is 18.3 Å². The largest absolute Gasteiger partial charge is 0.268 e. The molecule has 4 aromatic rings. The van der Waals surface area contributed by atoms with E-state index < -0.39 is 0 Å². The van der Waals surface area contributed by atoms with Gasteiger partial charge in [-0.05, 0) is 37.6 Å². The van der Waals surface area contributed by atoms with E-state index in [1.807, 2.05) is 61.0 Å². The van der Waals surface area contributed by atoms with Crippen LogP contribution in [0.2, 0.25) is 0 Å². The molecule has 3 heterocycles. The molecule has 0 radical (unpaired) electrons. The van der Waals surface area contributed by atoms with E-state index >= 15 is 0 Å². The second-order valence-corrected chi connectivity index (χ2v) is 6.88. The van der Waals surface area contributed by atoms with Gasteiger partial charge in [0.1, 0.15) is 5.49 Å². The monoisotopic (exact) mass is 371 g/mol. The Labute approximate surface area is 162 Å². The Morgan fingerprint density at radius 1 is 1.07 bits per heavy atom. The second kappa shape index (κ2) is 7.60. The maximum atomic E-state index is 13.0. The van der Waals surface area contributed by atoms with Gasteiger partial charge in [-0.3, -0.25) is 14.4 Å². The van der Waals surface area contributed by atoms with Crippen molar-refractivity contribution in [3.8, 4) is 0 Å². The maximum absolute atomic E-state index is 13.0. The van der Waals surface area contributed by atoms with Crippen molar-refractivity contribution in [2.24, 2.45) is 4.99 Å². The molecule has 0 saturated carbocycles. The Morgan fingerprint density at radius 2 is 1.86 bits per heavy atom. The van der Waals surface area contributed by atoms with Crippen LogP contribution in [0.15, 0.2) is 78.2 Å². The first-order chi connectivity index (χ1) is 13.6. The topological polar surface area (TPSA) is 65.1 Å². The number of nitrogens with zero attached hydrogens (tertiary/aromatic N) is 5. The van der Waals surface area contributed by atoms with E-state index in [2.05, 4.69) is 27.2 Å². The predicted molar refractivity (Wildman–Crippen MR) is 108 cm³/mol. The third kappa shape index (κ3) is 3.62. The lowest BCUT2D eigenvalue weighted by molar-refractivity contribution is 0.0954. The average Bonchev–Trinajstić information content (AvgIpc) is 3.10. The van der Waals surface area contributed by atoms with Crippen molar-refractivity contribution in [3.05, 3.63) is 89.8 Å². The molecule has 0 atom stereocenters. The molecule has 0 aliphatic rings. The van der Waals surface area contributed by atoms with Gasteiger partial charge in [0.15, 0.2) is 5.65 Å². The molecule has 6 nitrogen and oxygen atoms in total. The summed E-state index contributed by atoms with van der Waals surface area (Å²) in [5, 5.41) is 5.27. The lowest BCUT2D eigenvalue weighted by Gasteiger charge is -2.07. The van der Waals surface area contributed by atoms with Crippen molar-refractivity contribution in [1.82, 2.24) is 19.3 Å². The predicted octanol–water partition coefficient (Wildman–Crippen LogP) is 3.28. The van der Waals surface area contributed by atoms with E-state index in [1.165, 1.54) is 0 Å². The van der Waals surface area contributed by atoms with Crippen LogP contribution in [0.25, 0.3) is 11.0 Å². The highest BCUT2D eigenvalue weighted by Gasteiger charge is 2.13. The fourth-order valence-corrected chi connectivity index (χ4v) is 3.08. The van der Waals surface area contributed by atoms with Crippen molar-refractivity contribution in [3.63, 3.8) is 0 Å². The number of hydrogen-bond donors (Lipinski definition) is 0. The van der Waals surface area contributed by atoms with E-state index in [0.29, 0.717) is 17.6 Å². The van der Waals surface area contributed by atoms with E-state index in [1.54, 1.807) is 23.2 Å². The van der Waals surface area contributed by atoms with Gasteiger partial charge in [-0.1, -0.05) is 36.4 Å². The molecule has 0 amide bonds. The van der Waals surface area contributed by atoms with E-state index in [4.69, 9.17) is 0 Å². The zero-order valence-electron chi connectivity index (χ0n) is 15.9. The minimum absolute atomic E-state index is 0.0956. The average molecular weight is 371 g/mol.